The van der Waals surface area contributed by atoms with Crippen molar-refractivity contribution in [1.82, 2.24) is 0 Å². The SMILES string of the molecule is Cc1ccc(OCC(O)COC(=O)c2ccc3c(c2)C(=O)OC3=O)cc1. The van der Waals surface area contributed by atoms with Crippen LogP contribution in [-0.2, 0) is 9.47 Å². The molecule has 0 aromatic heterocycles. The summed E-state index contributed by atoms with van der Waals surface area (Å²) in [6.45, 7) is 1.64. The summed E-state index contributed by atoms with van der Waals surface area (Å²) in [5.74, 6) is -1.67. The second-order valence-corrected chi connectivity index (χ2v) is 5.81. The van der Waals surface area contributed by atoms with E-state index in [-0.39, 0.29) is 29.9 Å². The van der Waals surface area contributed by atoms with Crippen LogP contribution in [0.15, 0.2) is 42.5 Å². The normalized spacial score (nSPS) is 13.8. The third kappa shape index (κ3) is 3.89. The van der Waals surface area contributed by atoms with Crippen molar-refractivity contribution in [3.8, 4) is 5.75 Å². The first-order chi connectivity index (χ1) is 12.4. The highest BCUT2D eigenvalue weighted by Crippen LogP contribution is 2.21. The number of fused-ring (bicyclic) bond motifs is 1. The van der Waals surface area contributed by atoms with Crippen molar-refractivity contribution in [1.29, 1.82) is 0 Å². The van der Waals surface area contributed by atoms with Crippen LogP contribution in [0.2, 0.25) is 0 Å². The molecule has 0 saturated carbocycles. The molecule has 26 heavy (non-hydrogen) atoms. The molecule has 0 spiro atoms. The van der Waals surface area contributed by atoms with Crippen LogP contribution in [-0.4, -0.2) is 42.3 Å². The van der Waals surface area contributed by atoms with Crippen LogP contribution in [0.3, 0.4) is 0 Å². The highest BCUT2D eigenvalue weighted by molar-refractivity contribution is 6.15. The third-order valence-electron chi connectivity index (χ3n) is 3.75. The average Bonchev–Trinajstić information content (AvgIpc) is 2.92. The molecular formula is C19H16O7. The molecule has 2 aromatic carbocycles. The van der Waals surface area contributed by atoms with Gasteiger partial charge in [0.05, 0.1) is 16.7 Å². The molecule has 2 aromatic rings. The van der Waals surface area contributed by atoms with E-state index < -0.39 is 24.0 Å². The molecular weight excluding hydrogens is 340 g/mol. The quantitative estimate of drug-likeness (QED) is 0.623. The molecule has 1 atom stereocenters. The lowest BCUT2D eigenvalue weighted by molar-refractivity contribution is 0.0130. The van der Waals surface area contributed by atoms with Gasteiger partial charge >= 0.3 is 17.9 Å². The van der Waals surface area contributed by atoms with E-state index in [1.165, 1.54) is 18.2 Å². The number of aliphatic hydroxyl groups is 1. The van der Waals surface area contributed by atoms with Gasteiger partial charge in [0.1, 0.15) is 25.1 Å². The monoisotopic (exact) mass is 356 g/mol. The zero-order valence-electron chi connectivity index (χ0n) is 13.9. The molecule has 0 bridgehead atoms. The summed E-state index contributed by atoms with van der Waals surface area (Å²) in [6.07, 6.45) is -1.01. The summed E-state index contributed by atoms with van der Waals surface area (Å²) >= 11 is 0. The van der Waals surface area contributed by atoms with Gasteiger partial charge in [0.15, 0.2) is 0 Å². The standard InChI is InChI=1S/C19H16O7/c1-11-2-5-14(6-3-11)24-9-13(20)10-25-17(21)12-4-7-15-16(8-12)19(23)26-18(15)22/h2-8,13,20H,9-10H2,1H3. The summed E-state index contributed by atoms with van der Waals surface area (Å²) in [7, 11) is 0. The van der Waals surface area contributed by atoms with E-state index in [1.807, 2.05) is 19.1 Å². The number of ether oxygens (including phenoxy) is 3. The van der Waals surface area contributed by atoms with E-state index in [0.29, 0.717) is 5.75 Å². The topological polar surface area (TPSA) is 99.1 Å². The molecule has 3 rings (SSSR count). The minimum Gasteiger partial charge on any atom is -0.491 e. The Bertz CT molecular complexity index is 855. The molecule has 0 radical (unpaired) electrons. The van der Waals surface area contributed by atoms with E-state index in [2.05, 4.69) is 4.74 Å². The summed E-state index contributed by atoms with van der Waals surface area (Å²) in [5.41, 5.74) is 1.31. The van der Waals surface area contributed by atoms with E-state index in [4.69, 9.17) is 9.47 Å². The molecule has 1 heterocycles. The zero-order chi connectivity index (χ0) is 18.7. The predicted octanol–water partition coefficient (Wildman–Crippen LogP) is 1.90. The van der Waals surface area contributed by atoms with Crippen molar-refractivity contribution in [3.05, 3.63) is 64.7 Å². The van der Waals surface area contributed by atoms with Gasteiger partial charge in [0.25, 0.3) is 0 Å². The summed E-state index contributed by atoms with van der Waals surface area (Å²) in [5, 5.41) is 9.87. The minimum absolute atomic E-state index is 0.0210. The Morgan fingerprint density at radius 1 is 1.04 bits per heavy atom. The van der Waals surface area contributed by atoms with Gasteiger partial charge in [0, 0.05) is 0 Å². The van der Waals surface area contributed by atoms with Gasteiger partial charge in [-0.1, -0.05) is 17.7 Å². The van der Waals surface area contributed by atoms with Crippen molar-refractivity contribution in [2.75, 3.05) is 13.2 Å². The van der Waals surface area contributed by atoms with Crippen LogP contribution in [0.25, 0.3) is 0 Å². The van der Waals surface area contributed by atoms with Crippen molar-refractivity contribution < 1.29 is 33.7 Å². The first-order valence-electron chi connectivity index (χ1n) is 7.89. The fourth-order valence-electron chi connectivity index (χ4n) is 2.34. The Labute approximate surface area is 149 Å². The van der Waals surface area contributed by atoms with Crippen LogP contribution in [0.1, 0.15) is 36.6 Å². The Balaban J connectivity index is 1.52. The number of carbonyl (C=O) groups excluding carboxylic acids is 3. The molecule has 134 valence electrons. The molecule has 7 heteroatoms. The fraction of sp³-hybridized carbons (Fsp3) is 0.211. The molecule has 1 aliphatic heterocycles. The molecule has 0 amide bonds. The Kier molecular flexibility index (Phi) is 4.99. The maximum atomic E-state index is 12.0. The Hall–Kier alpha value is -3.19. The van der Waals surface area contributed by atoms with Gasteiger partial charge < -0.3 is 19.3 Å². The van der Waals surface area contributed by atoms with Crippen molar-refractivity contribution in [2.45, 2.75) is 13.0 Å². The number of aryl methyl sites for hydroxylation is 1. The van der Waals surface area contributed by atoms with Gasteiger partial charge in [-0.05, 0) is 37.3 Å². The van der Waals surface area contributed by atoms with E-state index >= 15 is 0 Å². The summed E-state index contributed by atoms with van der Waals surface area (Å²) < 4.78 is 14.9. The summed E-state index contributed by atoms with van der Waals surface area (Å²) in [4.78, 5) is 34.9. The van der Waals surface area contributed by atoms with Crippen molar-refractivity contribution in [3.63, 3.8) is 0 Å². The molecule has 1 N–H and O–H groups in total. The van der Waals surface area contributed by atoms with Crippen LogP contribution in [0.5, 0.6) is 5.75 Å². The molecule has 1 aliphatic rings. The van der Waals surface area contributed by atoms with Gasteiger partial charge in [0.2, 0.25) is 0 Å². The van der Waals surface area contributed by atoms with Gasteiger partial charge in [-0.25, -0.2) is 14.4 Å². The Morgan fingerprint density at radius 2 is 1.73 bits per heavy atom. The summed E-state index contributed by atoms with van der Waals surface area (Å²) in [6, 6.07) is 11.2. The molecule has 0 fully saturated rings. The lowest BCUT2D eigenvalue weighted by atomic mass is 10.1. The lowest BCUT2D eigenvalue weighted by Crippen LogP contribution is -2.25. The zero-order valence-corrected chi connectivity index (χ0v) is 13.9. The minimum atomic E-state index is -1.01. The number of carbonyl (C=O) groups is 3. The second kappa shape index (κ2) is 7.37. The van der Waals surface area contributed by atoms with Gasteiger partial charge in [-0.15, -0.1) is 0 Å². The number of rotatable bonds is 6. The van der Waals surface area contributed by atoms with Crippen LogP contribution < -0.4 is 4.74 Å². The van der Waals surface area contributed by atoms with Crippen molar-refractivity contribution in [2.24, 2.45) is 0 Å². The molecule has 0 aliphatic carbocycles. The first-order valence-corrected chi connectivity index (χ1v) is 7.89. The van der Waals surface area contributed by atoms with E-state index in [9.17, 15) is 19.5 Å². The predicted molar refractivity (Wildman–Crippen MR) is 89.2 cm³/mol. The second-order valence-electron chi connectivity index (χ2n) is 5.81. The van der Waals surface area contributed by atoms with Gasteiger partial charge in [-0.3, -0.25) is 0 Å². The lowest BCUT2D eigenvalue weighted by Gasteiger charge is -2.13. The number of benzene rings is 2. The van der Waals surface area contributed by atoms with Gasteiger partial charge in [-0.2, -0.15) is 0 Å². The maximum Gasteiger partial charge on any atom is 0.346 e. The maximum absolute atomic E-state index is 12.0. The van der Waals surface area contributed by atoms with E-state index in [1.54, 1.807) is 12.1 Å². The number of esters is 3. The fourth-order valence-corrected chi connectivity index (χ4v) is 2.34. The molecule has 7 nitrogen and oxygen atoms in total. The Morgan fingerprint density at radius 3 is 2.46 bits per heavy atom. The number of cyclic esters (lactones) is 2. The first kappa shape index (κ1) is 17.6. The van der Waals surface area contributed by atoms with E-state index in [0.717, 1.165) is 5.56 Å². The molecule has 0 saturated heterocycles. The average molecular weight is 356 g/mol. The number of aliphatic hydroxyl groups excluding tert-OH is 1. The van der Waals surface area contributed by atoms with Crippen LogP contribution in [0.4, 0.5) is 0 Å². The highest BCUT2D eigenvalue weighted by atomic mass is 16.6. The van der Waals surface area contributed by atoms with Crippen molar-refractivity contribution >= 4 is 17.9 Å². The third-order valence-corrected chi connectivity index (χ3v) is 3.75. The molecule has 1 unspecified atom stereocenters. The number of hydrogen-bond acceptors (Lipinski definition) is 7. The highest BCUT2D eigenvalue weighted by Gasteiger charge is 2.30. The largest absolute Gasteiger partial charge is 0.491 e. The number of hydrogen-bond donors (Lipinski definition) is 1. The van der Waals surface area contributed by atoms with Crippen LogP contribution >= 0.6 is 0 Å². The van der Waals surface area contributed by atoms with Crippen LogP contribution in [0, 0.1) is 6.92 Å². The smallest absolute Gasteiger partial charge is 0.346 e.